The number of rotatable bonds is 11. The zero-order chi connectivity index (χ0) is 14.1. The van der Waals surface area contributed by atoms with Crippen LogP contribution in [-0.4, -0.2) is 58.8 Å². The van der Waals surface area contributed by atoms with Gasteiger partial charge in [-0.2, -0.15) is 0 Å². The van der Waals surface area contributed by atoms with Crippen molar-refractivity contribution in [3.8, 4) is 0 Å². The zero-order valence-corrected chi connectivity index (χ0v) is 14.7. The van der Waals surface area contributed by atoms with Gasteiger partial charge in [-0.1, -0.05) is 0 Å². The molecular weight excluding hydrogens is 292 g/mol. The van der Waals surface area contributed by atoms with E-state index in [1.807, 2.05) is 0 Å². The number of hydrogen-bond donors (Lipinski definition) is 0. The first-order valence-electron chi connectivity index (χ1n) is 5.89. The molecule has 0 bridgehead atoms. The first kappa shape index (κ1) is 18.5. The molecule has 0 unspecified atom stereocenters. The van der Waals surface area contributed by atoms with Gasteiger partial charge < -0.3 is 22.1 Å². The molecule has 0 aliphatic rings. The Morgan fingerprint density at radius 1 is 0.722 bits per heavy atom. The van der Waals surface area contributed by atoms with Crippen LogP contribution in [0, 0.1) is 0 Å². The van der Waals surface area contributed by atoms with Crippen molar-refractivity contribution in [2.75, 3.05) is 41.4 Å². The van der Waals surface area contributed by atoms with Crippen LogP contribution in [0.5, 0.6) is 0 Å². The third kappa shape index (κ3) is 5.26. The highest BCUT2D eigenvalue weighted by Crippen LogP contribution is 2.27. The molecule has 0 saturated heterocycles. The van der Waals surface area contributed by atoms with Crippen LogP contribution in [0.25, 0.3) is 0 Å². The molecule has 0 saturated carbocycles. The Bertz CT molecular complexity index is 204. The Hall–Kier alpha value is 0.524. The molecule has 5 nitrogen and oxygen atoms in total. The molecule has 0 aliphatic heterocycles. The molecule has 0 rings (SSSR count). The Balaban J connectivity index is 4.58. The van der Waals surface area contributed by atoms with Crippen molar-refractivity contribution in [1.82, 2.24) is 0 Å². The van der Waals surface area contributed by atoms with Crippen molar-refractivity contribution >= 4 is 29.0 Å². The third-order valence-corrected chi connectivity index (χ3v) is 10.3. The van der Waals surface area contributed by atoms with Crippen LogP contribution in [0.2, 0.25) is 18.1 Å². The Morgan fingerprint density at radius 2 is 1.22 bits per heavy atom. The molecule has 0 atom stereocenters. The average Bonchev–Trinajstić information content (AvgIpc) is 2.44. The van der Waals surface area contributed by atoms with Crippen LogP contribution in [-0.2, 0) is 22.1 Å². The van der Waals surface area contributed by atoms with Gasteiger partial charge in [0, 0.05) is 47.5 Å². The largest absolute Gasteiger partial charge is 0.500 e. The molecule has 0 aromatic heterocycles. The second-order valence-corrected chi connectivity index (χ2v) is 11.0. The standard InChI is InChI=1S/C10H25ClO5Si2/c1-12-17(13-2,8-6-7-11)9-10-18(14-3,15-4)16-5/h6-10H2,1-5H3. The summed E-state index contributed by atoms with van der Waals surface area (Å²) in [7, 11) is 3.45. The quantitative estimate of drug-likeness (QED) is 0.432. The molecule has 0 spiro atoms. The zero-order valence-electron chi connectivity index (χ0n) is 12.0. The summed E-state index contributed by atoms with van der Waals surface area (Å²) in [6.45, 7) is 0. The van der Waals surface area contributed by atoms with E-state index < -0.39 is 17.4 Å². The summed E-state index contributed by atoms with van der Waals surface area (Å²) in [4.78, 5) is 0. The summed E-state index contributed by atoms with van der Waals surface area (Å²) in [5.74, 6) is 0.614. The molecule has 0 N–H and O–H groups in total. The van der Waals surface area contributed by atoms with E-state index in [1.165, 1.54) is 0 Å². The Labute approximate surface area is 117 Å². The minimum atomic E-state index is -2.56. The second-order valence-electron chi connectivity index (χ2n) is 3.91. The van der Waals surface area contributed by atoms with Gasteiger partial charge in [0.2, 0.25) is 0 Å². The van der Waals surface area contributed by atoms with Crippen molar-refractivity contribution in [3.05, 3.63) is 0 Å². The normalized spacial score (nSPS) is 13.0. The molecule has 18 heavy (non-hydrogen) atoms. The lowest BCUT2D eigenvalue weighted by Gasteiger charge is -2.31. The van der Waals surface area contributed by atoms with Crippen molar-refractivity contribution in [1.29, 1.82) is 0 Å². The maximum atomic E-state index is 5.74. The predicted octanol–water partition coefficient (Wildman–Crippen LogP) is 2.23. The average molecular weight is 317 g/mol. The molecule has 0 heterocycles. The predicted molar refractivity (Wildman–Crippen MR) is 76.3 cm³/mol. The smallest absolute Gasteiger partial charge is 0.398 e. The number of halogens is 1. The molecule has 8 heteroatoms. The van der Waals surface area contributed by atoms with E-state index in [4.69, 9.17) is 33.7 Å². The van der Waals surface area contributed by atoms with Gasteiger partial charge in [0.25, 0.3) is 0 Å². The summed E-state index contributed by atoms with van der Waals surface area (Å²) in [5, 5.41) is 0. The Morgan fingerprint density at radius 3 is 1.56 bits per heavy atom. The molecule has 0 radical (unpaired) electrons. The Kier molecular flexibility index (Phi) is 9.71. The van der Waals surface area contributed by atoms with Crippen LogP contribution in [0.4, 0.5) is 0 Å². The fraction of sp³-hybridized carbons (Fsp3) is 1.00. The third-order valence-electron chi connectivity index (χ3n) is 3.18. The van der Waals surface area contributed by atoms with Crippen LogP contribution in [0.1, 0.15) is 6.42 Å². The highest BCUT2D eigenvalue weighted by molar-refractivity contribution is 6.70. The SMILES string of the molecule is CO[Si](CCCCl)(CC[Si](OC)(OC)OC)OC. The van der Waals surface area contributed by atoms with E-state index >= 15 is 0 Å². The van der Waals surface area contributed by atoms with Crippen LogP contribution in [0.3, 0.4) is 0 Å². The second kappa shape index (κ2) is 9.43. The molecule has 0 aliphatic carbocycles. The number of alkyl halides is 1. The van der Waals surface area contributed by atoms with E-state index in [9.17, 15) is 0 Å². The summed E-state index contributed by atoms with van der Waals surface area (Å²) >= 11 is 5.74. The van der Waals surface area contributed by atoms with Gasteiger partial charge in [-0.3, -0.25) is 0 Å². The van der Waals surface area contributed by atoms with Crippen LogP contribution < -0.4 is 0 Å². The molecule has 0 aromatic carbocycles. The van der Waals surface area contributed by atoms with E-state index in [1.54, 1.807) is 35.5 Å². The van der Waals surface area contributed by atoms with Gasteiger partial charge in [0.05, 0.1) is 0 Å². The van der Waals surface area contributed by atoms with E-state index in [2.05, 4.69) is 0 Å². The van der Waals surface area contributed by atoms with Crippen molar-refractivity contribution in [2.24, 2.45) is 0 Å². The van der Waals surface area contributed by atoms with Crippen molar-refractivity contribution < 1.29 is 22.1 Å². The first-order chi connectivity index (χ1) is 8.57. The van der Waals surface area contributed by atoms with Gasteiger partial charge in [-0.15, -0.1) is 11.6 Å². The van der Waals surface area contributed by atoms with Gasteiger partial charge in [0.15, 0.2) is 0 Å². The van der Waals surface area contributed by atoms with Gasteiger partial charge in [-0.25, -0.2) is 0 Å². The van der Waals surface area contributed by atoms with E-state index in [0.717, 1.165) is 18.5 Å². The van der Waals surface area contributed by atoms with E-state index in [0.29, 0.717) is 11.9 Å². The number of hydrogen-bond acceptors (Lipinski definition) is 5. The molecule has 110 valence electrons. The lowest BCUT2D eigenvalue weighted by atomic mass is 10.6. The monoisotopic (exact) mass is 316 g/mol. The maximum Gasteiger partial charge on any atom is 0.500 e. The fourth-order valence-electron chi connectivity index (χ4n) is 1.85. The highest BCUT2D eigenvalue weighted by atomic mass is 35.5. The summed E-state index contributed by atoms with van der Waals surface area (Å²) in [6.07, 6.45) is 0.886. The lowest BCUT2D eigenvalue weighted by Crippen LogP contribution is -2.47. The lowest BCUT2D eigenvalue weighted by molar-refractivity contribution is 0.123. The summed E-state index contributed by atoms with van der Waals surface area (Å²) in [6, 6.07) is 2.33. The molecular formula is C10H25ClO5Si2. The fourth-order valence-corrected chi connectivity index (χ4v) is 8.02. The minimum absolute atomic E-state index is 0.614. The highest BCUT2D eigenvalue weighted by Gasteiger charge is 2.44. The van der Waals surface area contributed by atoms with Crippen LogP contribution >= 0.6 is 11.6 Å². The minimum Gasteiger partial charge on any atom is -0.398 e. The van der Waals surface area contributed by atoms with Crippen LogP contribution in [0.15, 0.2) is 0 Å². The molecule has 0 fully saturated rings. The summed E-state index contributed by atoms with van der Waals surface area (Å²) in [5.41, 5.74) is 0. The van der Waals surface area contributed by atoms with Gasteiger partial charge in [0.1, 0.15) is 0 Å². The van der Waals surface area contributed by atoms with Crippen molar-refractivity contribution in [2.45, 2.75) is 24.6 Å². The molecule has 0 amide bonds. The summed E-state index contributed by atoms with van der Waals surface area (Å²) < 4.78 is 27.5. The van der Waals surface area contributed by atoms with E-state index in [-0.39, 0.29) is 0 Å². The maximum absolute atomic E-state index is 5.74. The van der Waals surface area contributed by atoms with Crippen molar-refractivity contribution in [3.63, 3.8) is 0 Å². The van der Waals surface area contributed by atoms with Gasteiger partial charge >= 0.3 is 17.4 Å². The first-order valence-corrected chi connectivity index (χ1v) is 10.6. The molecule has 0 aromatic rings. The van der Waals surface area contributed by atoms with Gasteiger partial charge in [-0.05, 0) is 18.5 Å². The topological polar surface area (TPSA) is 46.2 Å².